The maximum absolute atomic E-state index is 13.2. The third kappa shape index (κ3) is 6.60. The number of nitrogens with zero attached hydrogens (tertiary/aromatic N) is 1. The van der Waals surface area contributed by atoms with Crippen LogP contribution in [-0.4, -0.2) is 59.2 Å². The number of rotatable bonds is 9. The number of hydrogen-bond acceptors (Lipinski definition) is 6. The first-order valence-electron chi connectivity index (χ1n) is 11.4. The molecular formula is C26H29N3O5S. The Morgan fingerprint density at radius 1 is 1.00 bits per heavy atom. The predicted octanol–water partition coefficient (Wildman–Crippen LogP) is 3.30. The highest BCUT2D eigenvalue weighted by molar-refractivity contribution is 7.92. The molecule has 1 amide bonds. The number of nitrogens with one attached hydrogen (secondary N) is 2. The van der Waals surface area contributed by atoms with Crippen LogP contribution in [0.2, 0.25) is 0 Å². The SMILES string of the molecule is COc1ccc(NS(=O)(=O)c2cccc(C(=O)N[C@@H](CN3CCOCC3)c3ccccc3)c2)cc1. The zero-order valence-corrected chi connectivity index (χ0v) is 20.3. The molecule has 0 aliphatic carbocycles. The number of benzene rings is 3. The van der Waals surface area contributed by atoms with Crippen LogP contribution in [0.15, 0.2) is 83.8 Å². The lowest BCUT2D eigenvalue weighted by Gasteiger charge is -2.31. The summed E-state index contributed by atoms with van der Waals surface area (Å²) < 4.78 is 39.0. The summed E-state index contributed by atoms with van der Waals surface area (Å²) in [6, 6.07) is 22.1. The number of carbonyl (C=O) groups is 1. The van der Waals surface area contributed by atoms with Crippen LogP contribution in [0, 0.1) is 0 Å². The van der Waals surface area contributed by atoms with Gasteiger partial charge in [-0.1, -0.05) is 36.4 Å². The van der Waals surface area contributed by atoms with Gasteiger partial charge < -0.3 is 14.8 Å². The van der Waals surface area contributed by atoms with Crippen LogP contribution in [0.25, 0.3) is 0 Å². The third-order valence-electron chi connectivity index (χ3n) is 5.80. The summed E-state index contributed by atoms with van der Waals surface area (Å²) in [6.07, 6.45) is 0. The number of amides is 1. The minimum Gasteiger partial charge on any atom is -0.497 e. The Hall–Kier alpha value is -3.40. The first-order valence-corrected chi connectivity index (χ1v) is 12.9. The second-order valence-corrected chi connectivity index (χ2v) is 9.89. The molecule has 0 bridgehead atoms. The van der Waals surface area contributed by atoms with E-state index in [9.17, 15) is 13.2 Å². The molecule has 3 aromatic rings. The molecule has 1 fully saturated rings. The van der Waals surface area contributed by atoms with Gasteiger partial charge in [-0.25, -0.2) is 8.42 Å². The van der Waals surface area contributed by atoms with E-state index < -0.39 is 10.0 Å². The summed E-state index contributed by atoms with van der Waals surface area (Å²) in [5.41, 5.74) is 1.65. The van der Waals surface area contributed by atoms with Gasteiger partial charge in [0.15, 0.2) is 0 Å². The lowest BCUT2D eigenvalue weighted by molar-refractivity contribution is 0.0332. The molecule has 0 saturated carbocycles. The summed E-state index contributed by atoms with van der Waals surface area (Å²) in [5.74, 6) is 0.283. The van der Waals surface area contributed by atoms with Crippen LogP contribution in [0.5, 0.6) is 5.75 Å². The monoisotopic (exact) mass is 495 g/mol. The van der Waals surface area contributed by atoms with Crippen molar-refractivity contribution in [3.8, 4) is 5.75 Å². The summed E-state index contributed by atoms with van der Waals surface area (Å²) in [6.45, 7) is 3.55. The van der Waals surface area contributed by atoms with Crippen LogP contribution < -0.4 is 14.8 Å². The number of carbonyl (C=O) groups excluding carboxylic acids is 1. The third-order valence-corrected chi connectivity index (χ3v) is 7.18. The van der Waals surface area contributed by atoms with Crippen LogP contribution in [-0.2, 0) is 14.8 Å². The van der Waals surface area contributed by atoms with Crippen molar-refractivity contribution < 1.29 is 22.7 Å². The van der Waals surface area contributed by atoms with Crippen LogP contribution in [0.3, 0.4) is 0 Å². The number of ether oxygens (including phenoxy) is 2. The van der Waals surface area contributed by atoms with Crippen LogP contribution >= 0.6 is 0 Å². The lowest BCUT2D eigenvalue weighted by Crippen LogP contribution is -2.43. The smallest absolute Gasteiger partial charge is 0.261 e. The molecule has 0 aromatic heterocycles. The minimum atomic E-state index is -3.89. The van der Waals surface area contributed by atoms with Gasteiger partial charge in [0.05, 0.1) is 31.3 Å². The van der Waals surface area contributed by atoms with E-state index in [2.05, 4.69) is 14.9 Å². The zero-order valence-electron chi connectivity index (χ0n) is 19.5. The standard InChI is InChI=1S/C26H29N3O5S/c1-33-23-12-10-22(11-13-23)28-35(31,32)24-9-5-8-21(18-24)26(30)27-25(20-6-3-2-4-7-20)19-29-14-16-34-17-15-29/h2-13,18,25,28H,14-17,19H2,1H3,(H,27,30)/t25-/m0/s1. The normalized spacial score (nSPS) is 15.2. The lowest BCUT2D eigenvalue weighted by atomic mass is 10.1. The first kappa shape index (κ1) is 24.7. The molecule has 4 rings (SSSR count). The van der Waals surface area contributed by atoms with Crippen LogP contribution in [0.1, 0.15) is 22.0 Å². The van der Waals surface area contributed by atoms with Gasteiger partial charge >= 0.3 is 0 Å². The molecule has 1 aliphatic rings. The van der Waals surface area contributed by atoms with E-state index in [1.807, 2.05) is 30.3 Å². The van der Waals surface area contributed by atoms with Crippen molar-refractivity contribution in [1.29, 1.82) is 0 Å². The molecule has 1 heterocycles. The number of anilines is 1. The molecule has 9 heteroatoms. The molecule has 35 heavy (non-hydrogen) atoms. The van der Waals surface area contributed by atoms with Crippen molar-refractivity contribution in [2.24, 2.45) is 0 Å². The molecule has 1 saturated heterocycles. The van der Waals surface area contributed by atoms with Crippen molar-refractivity contribution in [2.75, 3.05) is 44.7 Å². The molecule has 0 unspecified atom stereocenters. The molecular weight excluding hydrogens is 466 g/mol. The fourth-order valence-corrected chi connectivity index (χ4v) is 4.98. The Morgan fingerprint density at radius 2 is 1.71 bits per heavy atom. The topological polar surface area (TPSA) is 97.0 Å². The van der Waals surface area contributed by atoms with Gasteiger partial charge in [0, 0.05) is 30.9 Å². The van der Waals surface area contributed by atoms with E-state index in [-0.39, 0.29) is 22.4 Å². The Bertz CT molecular complexity index is 1230. The van der Waals surface area contributed by atoms with Crippen molar-refractivity contribution in [3.05, 3.63) is 90.0 Å². The van der Waals surface area contributed by atoms with Crippen LogP contribution in [0.4, 0.5) is 5.69 Å². The molecule has 3 aromatic carbocycles. The highest BCUT2D eigenvalue weighted by Gasteiger charge is 2.22. The number of methoxy groups -OCH3 is 1. The summed E-state index contributed by atoms with van der Waals surface area (Å²) in [7, 11) is -2.34. The summed E-state index contributed by atoms with van der Waals surface area (Å²) in [5, 5.41) is 3.09. The average molecular weight is 496 g/mol. The maximum Gasteiger partial charge on any atom is 0.261 e. The highest BCUT2D eigenvalue weighted by atomic mass is 32.2. The van der Waals surface area contributed by atoms with Gasteiger partial charge in [0.1, 0.15) is 5.75 Å². The van der Waals surface area contributed by atoms with Crippen molar-refractivity contribution in [1.82, 2.24) is 10.2 Å². The quantitative estimate of drug-likeness (QED) is 0.473. The summed E-state index contributed by atoms with van der Waals surface area (Å²) in [4.78, 5) is 15.5. The molecule has 8 nitrogen and oxygen atoms in total. The van der Waals surface area contributed by atoms with E-state index in [1.54, 1.807) is 43.5 Å². The molecule has 184 valence electrons. The predicted molar refractivity (Wildman–Crippen MR) is 134 cm³/mol. The highest BCUT2D eigenvalue weighted by Crippen LogP contribution is 2.21. The fourth-order valence-electron chi connectivity index (χ4n) is 3.88. The molecule has 2 N–H and O–H groups in total. The Balaban J connectivity index is 1.51. The zero-order chi connectivity index (χ0) is 24.7. The average Bonchev–Trinajstić information content (AvgIpc) is 2.90. The molecule has 1 atom stereocenters. The molecule has 0 spiro atoms. The van der Waals surface area contributed by atoms with Gasteiger partial charge in [0.2, 0.25) is 0 Å². The maximum atomic E-state index is 13.2. The Kier molecular flexibility index (Phi) is 8.02. The van der Waals surface area contributed by atoms with E-state index in [4.69, 9.17) is 9.47 Å². The molecule has 1 aliphatic heterocycles. The van der Waals surface area contributed by atoms with Crippen molar-refractivity contribution in [2.45, 2.75) is 10.9 Å². The van der Waals surface area contributed by atoms with E-state index in [1.165, 1.54) is 12.1 Å². The van der Waals surface area contributed by atoms with Crippen molar-refractivity contribution >= 4 is 21.6 Å². The number of sulfonamides is 1. The van der Waals surface area contributed by atoms with Gasteiger partial charge in [-0.2, -0.15) is 0 Å². The summed E-state index contributed by atoms with van der Waals surface area (Å²) >= 11 is 0. The fraction of sp³-hybridized carbons (Fsp3) is 0.269. The van der Waals surface area contributed by atoms with Gasteiger partial charge in [0.25, 0.3) is 15.9 Å². The van der Waals surface area contributed by atoms with Gasteiger partial charge in [-0.05, 0) is 48.0 Å². The minimum absolute atomic E-state index is 0.00501. The van der Waals surface area contributed by atoms with Gasteiger partial charge in [-0.3, -0.25) is 14.4 Å². The Morgan fingerprint density at radius 3 is 2.40 bits per heavy atom. The molecule has 0 radical (unpaired) electrons. The Labute approximate surface area is 205 Å². The number of morpholine rings is 1. The van der Waals surface area contributed by atoms with Crippen molar-refractivity contribution in [3.63, 3.8) is 0 Å². The largest absolute Gasteiger partial charge is 0.497 e. The first-order chi connectivity index (χ1) is 16.9. The second kappa shape index (κ2) is 11.4. The van der Waals surface area contributed by atoms with E-state index in [0.29, 0.717) is 31.2 Å². The van der Waals surface area contributed by atoms with E-state index >= 15 is 0 Å². The van der Waals surface area contributed by atoms with Gasteiger partial charge in [-0.15, -0.1) is 0 Å². The van der Waals surface area contributed by atoms with E-state index in [0.717, 1.165) is 18.7 Å². The second-order valence-electron chi connectivity index (χ2n) is 8.21. The number of hydrogen-bond donors (Lipinski definition) is 2.